The Labute approximate surface area is 172 Å². The molecule has 1 heterocycles. The van der Waals surface area contributed by atoms with E-state index >= 15 is 0 Å². The first-order valence-electron chi connectivity index (χ1n) is 10.3. The Morgan fingerprint density at radius 2 is 1.90 bits per heavy atom. The van der Waals surface area contributed by atoms with Crippen molar-refractivity contribution in [1.82, 2.24) is 5.32 Å². The Morgan fingerprint density at radius 1 is 1.07 bits per heavy atom. The van der Waals surface area contributed by atoms with Gasteiger partial charge in [-0.25, -0.2) is 4.79 Å². The second-order valence-corrected chi connectivity index (χ2v) is 7.12. The van der Waals surface area contributed by atoms with E-state index in [1.54, 1.807) is 29.2 Å². The third kappa shape index (κ3) is 5.81. The number of hydrogen-bond donors (Lipinski definition) is 2. The van der Waals surface area contributed by atoms with Crippen molar-refractivity contribution in [2.24, 2.45) is 0 Å². The molecule has 3 amide bonds. The minimum absolute atomic E-state index is 0.0526. The van der Waals surface area contributed by atoms with Crippen LogP contribution in [-0.2, 0) is 11.2 Å². The molecular weight excluding hydrogens is 366 g/mol. The van der Waals surface area contributed by atoms with Gasteiger partial charge in [0.25, 0.3) is 5.91 Å². The molecule has 1 aliphatic heterocycles. The van der Waals surface area contributed by atoms with E-state index in [0.29, 0.717) is 30.9 Å². The number of rotatable bonds is 9. The minimum atomic E-state index is -0.283. The number of hydrogen-bond acceptors (Lipinski definition) is 3. The van der Waals surface area contributed by atoms with Crippen LogP contribution in [0.2, 0.25) is 0 Å². The minimum Gasteiger partial charge on any atom is -0.381 e. The van der Waals surface area contributed by atoms with E-state index in [4.69, 9.17) is 4.74 Å². The molecule has 2 N–H and O–H groups in total. The summed E-state index contributed by atoms with van der Waals surface area (Å²) in [4.78, 5) is 26.8. The monoisotopic (exact) mass is 395 g/mol. The lowest BCUT2D eigenvalue weighted by Gasteiger charge is -2.18. The van der Waals surface area contributed by atoms with Gasteiger partial charge >= 0.3 is 6.03 Å². The first-order valence-corrected chi connectivity index (χ1v) is 10.3. The second kappa shape index (κ2) is 10.6. The number of carbonyl (C=O) groups excluding carboxylic acids is 2. The zero-order valence-electron chi connectivity index (χ0n) is 16.9. The molecular formula is C23H29N3O3. The van der Waals surface area contributed by atoms with Gasteiger partial charge in [0, 0.05) is 43.2 Å². The molecule has 2 aromatic rings. The van der Waals surface area contributed by atoms with Crippen LogP contribution in [0.15, 0.2) is 48.5 Å². The molecule has 0 bridgehead atoms. The molecule has 0 aliphatic carbocycles. The van der Waals surface area contributed by atoms with E-state index in [1.165, 1.54) is 5.56 Å². The van der Waals surface area contributed by atoms with Crippen molar-refractivity contribution in [2.45, 2.75) is 32.6 Å². The van der Waals surface area contributed by atoms with Crippen molar-refractivity contribution >= 4 is 23.3 Å². The van der Waals surface area contributed by atoms with Gasteiger partial charge in [0.05, 0.1) is 0 Å². The Balaban J connectivity index is 1.49. The van der Waals surface area contributed by atoms with Crippen molar-refractivity contribution in [2.75, 3.05) is 36.5 Å². The Bertz CT molecular complexity index is 838. The molecule has 0 atom stereocenters. The lowest BCUT2D eigenvalue weighted by atomic mass is 10.1. The molecule has 29 heavy (non-hydrogen) atoms. The van der Waals surface area contributed by atoms with Crippen LogP contribution in [0.25, 0.3) is 0 Å². The summed E-state index contributed by atoms with van der Waals surface area (Å²) < 4.78 is 5.48. The quantitative estimate of drug-likeness (QED) is 0.625. The third-order valence-corrected chi connectivity index (χ3v) is 4.89. The number of nitrogens with zero attached hydrogens (tertiary/aromatic N) is 1. The summed E-state index contributed by atoms with van der Waals surface area (Å²) in [6.07, 6.45) is 3.81. The van der Waals surface area contributed by atoms with Crippen molar-refractivity contribution in [3.63, 3.8) is 0 Å². The predicted molar refractivity (Wildman–Crippen MR) is 116 cm³/mol. The van der Waals surface area contributed by atoms with Crippen molar-refractivity contribution in [1.29, 1.82) is 0 Å². The summed E-state index contributed by atoms with van der Waals surface area (Å²) in [5.74, 6) is -0.0526. The van der Waals surface area contributed by atoms with Gasteiger partial charge in [0.2, 0.25) is 0 Å². The van der Waals surface area contributed by atoms with Gasteiger partial charge in [0.1, 0.15) is 0 Å². The fourth-order valence-corrected chi connectivity index (χ4v) is 3.33. The number of ether oxygens (including phenoxy) is 1. The molecule has 2 aromatic carbocycles. The number of para-hydroxylation sites is 1. The number of anilines is 2. The largest absolute Gasteiger partial charge is 0.381 e. The van der Waals surface area contributed by atoms with Crippen LogP contribution < -0.4 is 15.5 Å². The number of amides is 3. The van der Waals surface area contributed by atoms with Crippen LogP contribution in [0.1, 0.15) is 42.1 Å². The maximum Gasteiger partial charge on any atom is 0.319 e. The van der Waals surface area contributed by atoms with Crippen LogP contribution in [0.3, 0.4) is 0 Å². The fourth-order valence-electron chi connectivity index (χ4n) is 3.33. The van der Waals surface area contributed by atoms with E-state index in [0.717, 1.165) is 38.0 Å². The average Bonchev–Trinajstić information content (AvgIpc) is 3.17. The zero-order valence-corrected chi connectivity index (χ0v) is 16.9. The van der Waals surface area contributed by atoms with Crippen molar-refractivity contribution in [3.8, 4) is 0 Å². The number of benzene rings is 2. The molecule has 0 radical (unpaired) electrons. The molecule has 154 valence electrons. The second-order valence-electron chi connectivity index (χ2n) is 7.12. The number of fused-ring (bicyclic) bond motifs is 1. The summed E-state index contributed by atoms with van der Waals surface area (Å²) in [6.45, 7) is 4.76. The molecule has 3 rings (SSSR count). The van der Waals surface area contributed by atoms with E-state index in [-0.39, 0.29) is 11.9 Å². The van der Waals surface area contributed by atoms with Crippen LogP contribution >= 0.6 is 0 Å². The third-order valence-electron chi connectivity index (χ3n) is 4.89. The summed E-state index contributed by atoms with van der Waals surface area (Å²) in [7, 11) is 0. The normalized spacial score (nSPS) is 12.5. The lowest BCUT2D eigenvalue weighted by molar-refractivity contribution is 0.0989. The maximum atomic E-state index is 13.0. The van der Waals surface area contributed by atoms with Gasteiger partial charge in [-0.2, -0.15) is 0 Å². The van der Waals surface area contributed by atoms with Crippen LogP contribution in [0.4, 0.5) is 16.2 Å². The standard InChI is InChI=1S/C23H29N3O3/c1-2-3-15-29-16-7-13-24-23(28)25-20-10-6-9-19(17-20)22(27)26-14-12-18-8-4-5-11-21(18)26/h4-6,8-11,17H,2-3,7,12-16H2,1H3,(H2,24,25,28). The highest BCUT2D eigenvalue weighted by Gasteiger charge is 2.25. The molecule has 0 spiro atoms. The van der Waals surface area contributed by atoms with E-state index in [2.05, 4.69) is 23.6 Å². The van der Waals surface area contributed by atoms with Gasteiger partial charge in [-0.05, 0) is 49.1 Å². The highest BCUT2D eigenvalue weighted by molar-refractivity contribution is 6.08. The Morgan fingerprint density at radius 3 is 2.76 bits per heavy atom. The molecule has 0 saturated carbocycles. The molecule has 0 aromatic heterocycles. The maximum absolute atomic E-state index is 13.0. The highest BCUT2D eigenvalue weighted by atomic mass is 16.5. The van der Waals surface area contributed by atoms with Gasteiger partial charge in [0.15, 0.2) is 0 Å². The summed E-state index contributed by atoms with van der Waals surface area (Å²) >= 11 is 0. The zero-order chi connectivity index (χ0) is 20.5. The summed E-state index contributed by atoms with van der Waals surface area (Å²) in [5.41, 5.74) is 3.31. The van der Waals surface area contributed by atoms with Gasteiger partial charge in [-0.15, -0.1) is 0 Å². The summed E-state index contributed by atoms with van der Waals surface area (Å²) in [5, 5.41) is 5.61. The lowest BCUT2D eigenvalue weighted by Crippen LogP contribution is -2.31. The number of nitrogens with one attached hydrogen (secondary N) is 2. The average molecular weight is 396 g/mol. The molecule has 0 saturated heterocycles. The summed E-state index contributed by atoms with van der Waals surface area (Å²) in [6, 6.07) is 14.7. The number of unbranched alkanes of at least 4 members (excludes halogenated alkanes) is 1. The first kappa shape index (κ1) is 20.9. The highest BCUT2D eigenvalue weighted by Crippen LogP contribution is 2.29. The number of urea groups is 1. The smallest absolute Gasteiger partial charge is 0.319 e. The Kier molecular flexibility index (Phi) is 7.64. The molecule has 1 aliphatic rings. The molecule has 0 unspecified atom stereocenters. The van der Waals surface area contributed by atoms with Crippen LogP contribution in [0.5, 0.6) is 0 Å². The number of carbonyl (C=O) groups is 2. The molecule has 6 nitrogen and oxygen atoms in total. The van der Waals surface area contributed by atoms with Gasteiger partial charge in [-0.3, -0.25) is 4.79 Å². The fraction of sp³-hybridized carbons (Fsp3) is 0.391. The van der Waals surface area contributed by atoms with Gasteiger partial charge in [-0.1, -0.05) is 37.6 Å². The topological polar surface area (TPSA) is 70.7 Å². The first-order chi connectivity index (χ1) is 14.2. The molecule has 6 heteroatoms. The van der Waals surface area contributed by atoms with E-state index in [1.807, 2.05) is 18.2 Å². The van der Waals surface area contributed by atoms with Gasteiger partial charge < -0.3 is 20.3 Å². The van der Waals surface area contributed by atoms with Crippen LogP contribution in [-0.4, -0.2) is 38.2 Å². The Hall–Kier alpha value is -2.86. The SMILES string of the molecule is CCCCOCCCNC(=O)Nc1cccc(C(=O)N2CCc3ccccc32)c1. The van der Waals surface area contributed by atoms with E-state index < -0.39 is 0 Å². The van der Waals surface area contributed by atoms with Crippen molar-refractivity contribution < 1.29 is 14.3 Å². The molecule has 0 fully saturated rings. The van der Waals surface area contributed by atoms with E-state index in [9.17, 15) is 9.59 Å². The van der Waals surface area contributed by atoms with Crippen molar-refractivity contribution in [3.05, 3.63) is 59.7 Å². The predicted octanol–water partition coefficient (Wildman–Crippen LogP) is 4.22. The van der Waals surface area contributed by atoms with Crippen LogP contribution in [0, 0.1) is 0 Å².